The van der Waals surface area contributed by atoms with Crippen LogP contribution in [0.3, 0.4) is 0 Å². The molecular weight excluding hydrogens is 323 g/mol. The van der Waals surface area contributed by atoms with Gasteiger partial charge in [0, 0.05) is 23.7 Å². The van der Waals surface area contributed by atoms with Crippen LogP contribution < -0.4 is 15.4 Å². The molecular formula is C19H23FN2O3. The summed E-state index contributed by atoms with van der Waals surface area (Å²) in [7, 11) is 0. The predicted octanol–water partition coefficient (Wildman–Crippen LogP) is 3.35. The zero-order chi connectivity index (χ0) is 17.6. The van der Waals surface area contributed by atoms with E-state index in [0.717, 1.165) is 42.7 Å². The van der Waals surface area contributed by atoms with E-state index in [1.807, 2.05) is 6.92 Å². The van der Waals surface area contributed by atoms with Gasteiger partial charge in [0.05, 0.1) is 12.9 Å². The Hall–Kier alpha value is -2.34. The smallest absolute Gasteiger partial charge is 0.287 e. The number of aryl methyl sites for hydroxylation is 1. The van der Waals surface area contributed by atoms with E-state index in [0.29, 0.717) is 18.9 Å². The summed E-state index contributed by atoms with van der Waals surface area (Å²) in [6.45, 7) is 3.75. The molecule has 1 atom stereocenters. The van der Waals surface area contributed by atoms with Crippen molar-refractivity contribution in [2.24, 2.45) is 0 Å². The van der Waals surface area contributed by atoms with Gasteiger partial charge in [-0.15, -0.1) is 0 Å². The molecule has 1 amide bonds. The van der Waals surface area contributed by atoms with E-state index >= 15 is 0 Å². The van der Waals surface area contributed by atoms with Crippen molar-refractivity contribution < 1.29 is 18.3 Å². The molecule has 25 heavy (non-hydrogen) atoms. The first kappa shape index (κ1) is 17.5. The zero-order valence-corrected chi connectivity index (χ0v) is 14.3. The van der Waals surface area contributed by atoms with Crippen molar-refractivity contribution in [1.29, 1.82) is 0 Å². The molecule has 0 spiro atoms. The highest BCUT2D eigenvalue weighted by Gasteiger charge is 2.20. The molecule has 0 radical (unpaired) electrons. The highest BCUT2D eigenvalue weighted by Crippen LogP contribution is 2.31. The van der Waals surface area contributed by atoms with Gasteiger partial charge in [0.15, 0.2) is 5.76 Å². The second kappa shape index (κ2) is 8.16. The van der Waals surface area contributed by atoms with Gasteiger partial charge < -0.3 is 19.8 Å². The number of rotatable bonds is 6. The second-order valence-electron chi connectivity index (χ2n) is 6.22. The zero-order valence-electron chi connectivity index (χ0n) is 14.3. The van der Waals surface area contributed by atoms with Gasteiger partial charge in [-0.25, -0.2) is 4.39 Å². The highest BCUT2D eigenvalue weighted by atomic mass is 19.1. The number of fused-ring (bicyclic) bond motifs is 1. The molecule has 1 aromatic heterocycles. The van der Waals surface area contributed by atoms with E-state index in [4.69, 9.17) is 9.15 Å². The van der Waals surface area contributed by atoms with Gasteiger partial charge in [-0.3, -0.25) is 4.79 Å². The number of carbonyl (C=O) groups excluding carboxylic acids is 1. The van der Waals surface area contributed by atoms with Crippen molar-refractivity contribution in [2.75, 3.05) is 19.7 Å². The third-order valence-corrected chi connectivity index (χ3v) is 4.34. The lowest BCUT2D eigenvalue weighted by Crippen LogP contribution is -2.29. The van der Waals surface area contributed by atoms with Crippen LogP contribution in [0.4, 0.5) is 4.39 Å². The molecule has 1 aliphatic rings. The second-order valence-corrected chi connectivity index (χ2v) is 6.22. The lowest BCUT2D eigenvalue weighted by Gasteiger charge is -2.18. The average Bonchev–Trinajstić information content (AvgIpc) is 2.93. The van der Waals surface area contributed by atoms with E-state index in [2.05, 4.69) is 10.6 Å². The fraction of sp³-hybridized carbons (Fsp3) is 0.421. The first-order valence-corrected chi connectivity index (χ1v) is 8.63. The first-order chi connectivity index (χ1) is 12.1. The number of halogens is 1. The van der Waals surface area contributed by atoms with Crippen LogP contribution in [0.5, 0.6) is 5.75 Å². The maximum atomic E-state index is 13.6. The van der Waals surface area contributed by atoms with Gasteiger partial charge in [0.2, 0.25) is 0 Å². The summed E-state index contributed by atoms with van der Waals surface area (Å²) in [4.78, 5) is 12.0. The molecule has 1 aliphatic heterocycles. The van der Waals surface area contributed by atoms with Gasteiger partial charge in [-0.1, -0.05) is 0 Å². The summed E-state index contributed by atoms with van der Waals surface area (Å²) >= 11 is 0. The number of nitrogens with one attached hydrogen (secondary N) is 2. The number of amides is 1. The van der Waals surface area contributed by atoms with Gasteiger partial charge in [0.25, 0.3) is 5.91 Å². The molecule has 0 unspecified atom stereocenters. The fourth-order valence-corrected chi connectivity index (χ4v) is 3.01. The maximum absolute atomic E-state index is 13.6. The molecule has 2 aromatic rings. The minimum Gasteiger partial charge on any atom is -0.493 e. The minimum atomic E-state index is -0.253. The third kappa shape index (κ3) is 4.39. The van der Waals surface area contributed by atoms with E-state index in [1.165, 1.54) is 12.3 Å². The van der Waals surface area contributed by atoms with Crippen LogP contribution in [0.2, 0.25) is 0 Å². The van der Waals surface area contributed by atoms with Crippen LogP contribution in [0.25, 0.3) is 0 Å². The SMILES string of the molecule is Cc1ccoc1C(=O)NCCCN[C@@H]1CCCOc2ccc(F)cc21. The molecule has 134 valence electrons. The van der Waals surface area contributed by atoms with Crippen LogP contribution in [-0.2, 0) is 0 Å². The molecule has 2 N–H and O–H groups in total. The van der Waals surface area contributed by atoms with Crippen LogP contribution in [0, 0.1) is 12.7 Å². The van der Waals surface area contributed by atoms with Crippen LogP contribution >= 0.6 is 0 Å². The van der Waals surface area contributed by atoms with Crippen molar-refractivity contribution in [3.05, 3.63) is 53.2 Å². The maximum Gasteiger partial charge on any atom is 0.287 e. The molecule has 0 saturated heterocycles. The van der Waals surface area contributed by atoms with E-state index in [9.17, 15) is 9.18 Å². The molecule has 0 bridgehead atoms. The van der Waals surface area contributed by atoms with Gasteiger partial charge in [-0.05, 0) is 57.0 Å². The Morgan fingerprint density at radius 1 is 1.32 bits per heavy atom. The monoisotopic (exact) mass is 346 g/mol. The van der Waals surface area contributed by atoms with Crippen LogP contribution in [-0.4, -0.2) is 25.6 Å². The Kier molecular flexibility index (Phi) is 5.71. The molecule has 5 nitrogen and oxygen atoms in total. The average molecular weight is 346 g/mol. The number of hydrogen-bond acceptors (Lipinski definition) is 4. The number of hydrogen-bond donors (Lipinski definition) is 2. The standard InChI is InChI=1S/C19H23FN2O3/c1-13-7-11-25-18(13)19(23)22-9-3-8-21-16-4-2-10-24-17-6-5-14(20)12-15(16)17/h5-7,11-12,16,21H,2-4,8-10H2,1H3,(H,22,23)/t16-/m1/s1. The first-order valence-electron chi connectivity index (χ1n) is 8.63. The quantitative estimate of drug-likeness (QED) is 0.788. The summed E-state index contributed by atoms with van der Waals surface area (Å²) in [5, 5.41) is 6.29. The molecule has 3 rings (SSSR count). The van der Waals surface area contributed by atoms with Crippen molar-refractivity contribution in [1.82, 2.24) is 10.6 Å². The lowest BCUT2D eigenvalue weighted by molar-refractivity contribution is 0.0924. The summed E-state index contributed by atoms with van der Waals surface area (Å²) in [6.07, 6.45) is 4.10. The van der Waals surface area contributed by atoms with Crippen molar-refractivity contribution in [3.8, 4) is 5.75 Å². The third-order valence-electron chi connectivity index (χ3n) is 4.34. The minimum absolute atomic E-state index is 0.0659. The normalized spacial score (nSPS) is 16.6. The van der Waals surface area contributed by atoms with Crippen molar-refractivity contribution in [2.45, 2.75) is 32.2 Å². The van der Waals surface area contributed by atoms with Gasteiger partial charge >= 0.3 is 0 Å². The molecule has 2 heterocycles. The Labute approximate surface area is 146 Å². The van der Waals surface area contributed by atoms with E-state index in [1.54, 1.807) is 18.2 Å². The number of furan rings is 1. The summed E-state index contributed by atoms with van der Waals surface area (Å²) in [6, 6.07) is 6.49. The topological polar surface area (TPSA) is 63.5 Å². The Morgan fingerprint density at radius 2 is 2.20 bits per heavy atom. The van der Waals surface area contributed by atoms with Gasteiger partial charge in [-0.2, -0.15) is 0 Å². The number of benzene rings is 1. The summed E-state index contributed by atoms with van der Waals surface area (Å²) in [5.41, 5.74) is 1.69. The Morgan fingerprint density at radius 3 is 3.00 bits per heavy atom. The Balaban J connectivity index is 1.47. The molecule has 1 aromatic carbocycles. The fourth-order valence-electron chi connectivity index (χ4n) is 3.01. The largest absolute Gasteiger partial charge is 0.493 e. The van der Waals surface area contributed by atoms with Gasteiger partial charge in [0.1, 0.15) is 11.6 Å². The number of ether oxygens (including phenoxy) is 1. The van der Waals surface area contributed by atoms with Crippen molar-refractivity contribution in [3.63, 3.8) is 0 Å². The van der Waals surface area contributed by atoms with Crippen LogP contribution in [0.15, 0.2) is 34.9 Å². The highest BCUT2D eigenvalue weighted by molar-refractivity contribution is 5.92. The van der Waals surface area contributed by atoms with E-state index in [-0.39, 0.29) is 17.8 Å². The molecule has 0 saturated carbocycles. The molecule has 0 aliphatic carbocycles. The van der Waals surface area contributed by atoms with E-state index < -0.39 is 0 Å². The number of carbonyl (C=O) groups is 1. The molecule has 0 fully saturated rings. The van der Waals surface area contributed by atoms with Crippen LogP contribution in [0.1, 0.15) is 47.0 Å². The Bertz CT molecular complexity index is 729. The van der Waals surface area contributed by atoms with Crippen molar-refractivity contribution >= 4 is 5.91 Å². The lowest BCUT2D eigenvalue weighted by atomic mass is 10.0. The predicted molar refractivity (Wildman–Crippen MR) is 92.3 cm³/mol. The molecule has 6 heteroatoms. The summed E-state index contributed by atoms with van der Waals surface area (Å²) < 4.78 is 24.4. The summed E-state index contributed by atoms with van der Waals surface area (Å²) in [5.74, 6) is 0.659.